The Balaban J connectivity index is 2.13. The second-order valence-electron chi connectivity index (χ2n) is 6.12. The van der Waals surface area contributed by atoms with Crippen molar-refractivity contribution in [2.75, 3.05) is 0 Å². The lowest BCUT2D eigenvalue weighted by atomic mass is 10.1. The molecule has 26 heavy (non-hydrogen) atoms. The molecule has 2 heteroatoms. The second-order valence-corrected chi connectivity index (χ2v) is 6.12. The Hall–Kier alpha value is -3.39. The predicted molar refractivity (Wildman–Crippen MR) is 111 cm³/mol. The maximum Gasteiger partial charge on any atom is 0.145 e. The van der Waals surface area contributed by atoms with Crippen molar-refractivity contribution in [2.24, 2.45) is 0 Å². The van der Waals surface area contributed by atoms with E-state index in [9.17, 15) is 0 Å². The highest BCUT2D eigenvalue weighted by Crippen LogP contribution is 2.32. The highest BCUT2D eigenvalue weighted by Gasteiger charge is 2.16. The van der Waals surface area contributed by atoms with Crippen LogP contribution in [0.4, 0.5) is 0 Å². The summed E-state index contributed by atoms with van der Waals surface area (Å²) in [5, 5.41) is 2.41. The van der Waals surface area contributed by atoms with Crippen LogP contribution in [0.1, 0.15) is 12.7 Å². The fourth-order valence-electron chi connectivity index (χ4n) is 3.28. The van der Waals surface area contributed by atoms with Crippen molar-refractivity contribution >= 4 is 21.9 Å². The van der Waals surface area contributed by atoms with E-state index in [0.717, 1.165) is 28.2 Å². The molecule has 0 aliphatic rings. The molecule has 2 nitrogen and oxygen atoms in total. The molecule has 0 unspecified atom stereocenters. The van der Waals surface area contributed by atoms with Gasteiger partial charge in [0.05, 0.1) is 11.2 Å². The van der Waals surface area contributed by atoms with Gasteiger partial charge in [-0.2, -0.15) is 0 Å². The molecule has 0 aliphatic carbocycles. The van der Waals surface area contributed by atoms with E-state index >= 15 is 0 Å². The molecule has 0 aliphatic heterocycles. The number of allylic oxidation sites excluding steroid dienone is 5. The van der Waals surface area contributed by atoms with Gasteiger partial charge in [0.1, 0.15) is 5.82 Å². The zero-order chi connectivity index (χ0) is 17.9. The van der Waals surface area contributed by atoms with Crippen LogP contribution in [0, 0.1) is 0 Å². The molecule has 2 aromatic carbocycles. The van der Waals surface area contributed by atoms with Crippen molar-refractivity contribution in [1.82, 2.24) is 9.38 Å². The van der Waals surface area contributed by atoms with Crippen molar-refractivity contribution < 1.29 is 0 Å². The lowest BCUT2D eigenvalue weighted by molar-refractivity contribution is 1.12. The van der Waals surface area contributed by atoms with Crippen LogP contribution in [0.3, 0.4) is 0 Å². The largest absolute Gasteiger partial charge is 0.298 e. The summed E-state index contributed by atoms with van der Waals surface area (Å²) in [4.78, 5) is 5.02. The van der Waals surface area contributed by atoms with E-state index in [1.165, 1.54) is 10.8 Å². The van der Waals surface area contributed by atoms with Gasteiger partial charge >= 0.3 is 0 Å². The van der Waals surface area contributed by atoms with Gasteiger partial charge in [0, 0.05) is 22.7 Å². The average Bonchev–Trinajstić information content (AvgIpc) is 3.09. The molecule has 0 radical (unpaired) electrons. The van der Waals surface area contributed by atoms with E-state index in [1.807, 2.05) is 37.3 Å². The van der Waals surface area contributed by atoms with E-state index in [2.05, 4.69) is 71.8 Å². The number of fused-ring (bicyclic) bond motifs is 3. The number of benzene rings is 2. The minimum Gasteiger partial charge on any atom is -0.298 e. The quantitative estimate of drug-likeness (QED) is 0.400. The summed E-state index contributed by atoms with van der Waals surface area (Å²) in [6.07, 6.45) is 10.0. The fraction of sp³-hybridized carbons (Fsp3) is 0.0417. The summed E-state index contributed by atoms with van der Waals surface area (Å²) in [5.74, 6) is 0.901. The topological polar surface area (TPSA) is 17.3 Å². The van der Waals surface area contributed by atoms with Crippen LogP contribution in [0.5, 0.6) is 0 Å². The summed E-state index contributed by atoms with van der Waals surface area (Å²) in [6, 6.07) is 20.9. The first kappa shape index (κ1) is 16.1. The standard InChI is InChI=1S/C24H20N2/c1-3-5-11-18(4-2)24-25-22(20-13-7-6-8-14-20)23-21-15-10-9-12-19(21)16-17-26(23)24/h3-17H,2H2,1H3/b5-3-,18-11+. The monoisotopic (exact) mass is 336 g/mol. The van der Waals surface area contributed by atoms with Gasteiger partial charge in [-0.3, -0.25) is 4.40 Å². The van der Waals surface area contributed by atoms with Gasteiger partial charge in [0.2, 0.25) is 0 Å². The number of rotatable bonds is 4. The van der Waals surface area contributed by atoms with Crippen molar-refractivity contribution in [3.63, 3.8) is 0 Å². The zero-order valence-electron chi connectivity index (χ0n) is 14.8. The van der Waals surface area contributed by atoms with Crippen molar-refractivity contribution in [2.45, 2.75) is 6.92 Å². The average molecular weight is 336 g/mol. The Labute approximate surface area is 153 Å². The highest BCUT2D eigenvalue weighted by molar-refractivity contribution is 6.03. The molecule has 0 bridgehead atoms. The SMILES string of the molecule is C=C/C(=C\C=C/C)c1nc(-c2ccccc2)c2c3ccccc3ccn12. The third-order valence-electron chi connectivity index (χ3n) is 4.52. The fourth-order valence-corrected chi connectivity index (χ4v) is 3.28. The van der Waals surface area contributed by atoms with Gasteiger partial charge in [-0.15, -0.1) is 0 Å². The predicted octanol–water partition coefficient (Wildman–Crippen LogP) is 6.30. The molecule has 0 saturated carbocycles. The van der Waals surface area contributed by atoms with Crippen molar-refractivity contribution in [3.8, 4) is 11.3 Å². The summed E-state index contributed by atoms with van der Waals surface area (Å²) < 4.78 is 2.17. The Bertz CT molecular complexity index is 1140. The van der Waals surface area contributed by atoms with Crippen LogP contribution in [-0.4, -0.2) is 9.38 Å². The number of imidazole rings is 1. The van der Waals surface area contributed by atoms with Crippen LogP contribution < -0.4 is 0 Å². The van der Waals surface area contributed by atoms with E-state index in [4.69, 9.17) is 4.98 Å². The normalized spacial score (nSPS) is 12.3. The molecule has 0 N–H and O–H groups in total. The van der Waals surface area contributed by atoms with Gasteiger partial charge in [0.25, 0.3) is 0 Å². The molecule has 0 atom stereocenters. The third kappa shape index (κ3) is 2.66. The minimum absolute atomic E-state index is 0.901. The second kappa shape index (κ2) is 6.85. The Morgan fingerprint density at radius 2 is 1.77 bits per heavy atom. The van der Waals surface area contributed by atoms with Crippen LogP contribution in [0.15, 0.2) is 97.7 Å². The third-order valence-corrected chi connectivity index (χ3v) is 4.52. The summed E-state index contributed by atoms with van der Waals surface area (Å²) in [6.45, 7) is 5.99. The number of hydrogen-bond donors (Lipinski definition) is 0. The molecule has 2 heterocycles. The number of aromatic nitrogens is 2. The van der Waals surface area contributed by atoms with Gasteiger partial charge in [-0.25, -0.2) is 4.98 Å². The number of nitrogens with zero attached hydrogens (tertiary/aromatic N) is 2. The summed E-state index contributed by atoms with van der Waals surface area (Å²) in [5.41, 5.74) is 4.22. The Kier molecular flexibility index (Phi) is 4.24. The smallest absolute Gasteiger partial charge is 0.145 e. The zero-order valence-corrected chi connectivity index (χ0v) is 14.8. The highest BCUT2D eigenvalue weighted by atomic mass is 15.0. The maximum atomic E-state index is 5.02. The molecule has 0 fully saturated rings. The molecule has 126 valence electrons. The van der Waals surface area contributed by atoms with Gasteiger partial charge in [-0.1, -0.05) is 85.5 Å². The van der Waals surface area contributed by atoms with Crippen LogP contribution in [-0.2, 0) is 0 Å². The molecular formula is C24H20N2. The van der Waals surface area contributed by atoms with Crippen LogP contribution in [0.25, 0.3) is 33.1 Å². The molecule has 0 spiro atoms. The molecule has 0 amide bonds. The lowest BCUT2D eigenvalue weighted by Gasteiger charge is -2.05. The van der Waals surface area contributed by atoms with Crippen molar-refractivity contribution in [3.05, 3.63) is 104 Å². The molecular weight excluding hydrogens is 316 g/mol. The van der Waals surface area contributed by atoms with Gasteiger partial charge in [-0.05, 0) is 18.4 Å². The maximum absolute atomic E-state index is 5.02. The first-order chi connectivity index (χ1) is 12.8. The Morgan fingerprint density at radius 1 is 1.00 bits per heavy atom. The van der Waals surface area contributed by atoms with Gasteiger partial charge in [0.15, 0.2) is 0 Å². The summed E-state index contributed by atoms with van der Waals surface area (Å²) >= 11 is 0. The Morgan fingerprint density at radius 3 is 2.54 bits per heavy atom. The van der Waals surface area contributed by atoms with E-state index in [0.29, 0.717) is 0 Å². The van der Waals surface area contributed by atoms with E-state index in [1.54, 1.807) is 0 Å². The number of hydrogen-bond acceptors (Lipinski definition) is 1. The summed E-state index contributed by atoms with van der Waals surface area (Å²) in [7, 11) is 0. The minimum atomic E-state index is 0.901. The van der Waals surface area contributed by atoms with Crippen molar-refractivity contribution in [1.29, 1.82) is 0 Å². The molecule has 4 aromatic rings. The van der Waals surface area contributed by atoms with E-state index in [-0.39, 0.29) is 0 Å². The number of pyridine rings is 1. The first-order valence-electron chi connectivity index (χ1n) is 8.74. The van der Waals surface area contributed by atoms with Gasteiger partial charge < -0.3 is 0 Å². The first-order valence-corrected chi connectivity index (χ1v) is 8.74. The molecule has 0 saturated heterocycles. The van der Waals surface area contributed by atoms with Crippen LogP contribution >= 0.6 is 0 Å². The molecule has 4 rings (SSSR count). The lowest BCUT2D eigenvalue weighted by Crippen LogP contribution is -1.92. The van der Waals surface area contributed by atoms with Crippen LogP contribution in [0.2, 0.25) is 0 Å². The molecule has 2 aromatic heterocycles. The van der Waals surface area contributed by atoms with E-state index < -0.39 is 0 Å².